The van der Waals surface area contributed by atoms with Gasteiger partial charge in [0, 0.05) is 43.3 Å². The summed E-state index contributed by atoms with van der Waals surface area (Å²) in [5.74, 6) is 0.106. The van der Waals surface area contributed by atoms with Crippen LogP contribution in [-0.4, -0.2) is 61.2 Å². The predicted octanol–water partition coefficient (Wildman–Crippen LogP) is 5.05. The number of anilines is 1. The number of fused-ring (bicyclic) bond motifs is 1. The van der Waals surface area contributed by atoms with E-state index < -0.39 is 5.82 Å². The van der Waals surface area contributed by atoms with E-state index in [1.807, 2.05) is 42.2 Å². The van der Waals surface area contributed by atoms with Gasteiger partial charge in [0.05, 0.1) is 19.7 Å². The number of nitrogens with one attached hydrogen (secondary N) is 1. The van der Waals surface area contributed by atoms with Gasteiger partial charge in [-0.05, 0) is 41.8 Å². The van der Waals surface area contributed by atoms with E-state index >= 15 is 4.39 Å². The molecule has 2 aromatic heterocycles. The van der Waals surface area contributed by atoms with Gasteiger partial charge >= 0.3 is 0 Å². The molecule has 1 amide bonds. The number of hydrogen-bond acceptors (Lipinski definition) is 5. The van der Waals surface area contributed by atoms with Gasteiger partial charge in [0.2, 0.25) is 0 Å². The summed E-state index contributed by atoms with van der Waals surface area (Å²) in [5, 5.41) is 0.620. The Labute approximate surface area is 213 Å². The first kappa shape index (κ1) is 24.5. The van der Waals surface area contributed by atoms with E-state index in [0.717, 1.165) is 11.1 Å². The monoisotopic (exact) mass is 506 g/mol. The van der Waals surface area contributed by atoms with E-state index in [-0.39, 0.29) is 17.5 Å². The summed E-state index contributed by atoms with van der Waals surface area (Å²) in [4.78, 5) is 24.4. The number of carbonyl (C=O) groups is 1. The van der Waals surface area contributed by atoms with Crippen molar-refractivity contribution >= 4 is 22.6 Å². The number of ether oxygens (including phenoxy) is 2. The summed E-state index contributed by atoms with van der Waals surface area (Å²) in [6.07, 6.45) is 1.90. The predicted molar refractivity (Wildman–Crippen MR) is 138 cm³/mol. The van der Waals surface area contributed by atoms with Crippen molar-refractivity contribution in [2.24, 2.45) is 0 Å². The molecule has 9 heteroatoms. The summed E-state index contributed by atoms with van der Waals surface area (Å²) in [6.45, 7) is 3.61. The smallest absolute Gasteiger partial charge is 0.270 e. The van der Waals surface area contributed by atoms with Gasteiger partial charge in [-0.25, -0.2) is 13.8 Å². The molecule has 1 aliphatic rings. The zero-order chi connectivity index (χ0) is 26.1. The van der Waals surface area contributed by atoms with Gasteiger partial charge in [-0.15, -0.1) is 0 Å². The first-order valence-corrected chi connectivity index (χ1v) is 12.2. The third-order valence-corrected chi connectivity index (χ3v) is 6.84. The fraction of sp³-hybridized carbons (Fsp3) is 0.286. The van der Waals surface area contributed by atoms with E-state index in [4.69, 9.17) is 9.47 Å². The zero-order valence-electron chi connectivity index (χ0n) is 21.0. The van der Waals surface area contributed by atoms with E-state index in [0.29, 0.717) is 66.3 Å². The van der Waals surface area contributed by atoms with Crippen molar-refractivity contribution in [2.75, 3.05) is 45.3 Å². The van der Waals surface area contributed by atoms with Crippen molar-refractivity contribution in [3.63, 3.8) is 0 Å². The van der Waals surface area contributed by atoms with Crippen LogP contribution in [0, 0.1) is 11.6 Å². The lowest BCUT2D eigenvalue weighted by Gasteiger charge is -2.35. The minimum atomic E-state index is -0.483. The van der Waals surface area contributed by atoms with Gasteiger partial charge in [0.15, 0.2) is 17.4 Å². The van der Waals surface area contributed by atoms with Crippen LogP contribution in [0.15, 0.2) is 48.7 Å². The lowest BCUT2D eigenvalue weighted by molar-refractivity contribution is 0.0741. The molecular formula is C28H28F2N4O3. The van der Waals surface area contributed by atoms with E-state index in [2.05, 4.69) is 9.97 Å². The second-order valence-corrected chi connectivity index (χ2v) is 8.85. The molecule has 1 fully saturated rings. The maximum atomic E-state index is 15.4. The lowest BCUT2D eigenvalue weighted by atomic mass is 9.96. The van der Waals surface area contributed by atoms with E-state index in [1.54, 1.807) is 18.1 Å². The molecule has 0 spiro atoms. The standard InChI is InChI=1S/C28H28F2N4O3/c1-4-17-15-19(18-7-5-6-8-23(18)36-2)20-16-22(32-25(20)24(17)30)28(35)34-13-11-33(12-14-34)27-26(37-3)21(29)9-10-31-27/h5-10,15-16,32H,4,11-14H2,1-3H3. The molecule has 1 saturated heterocycles. The van der Waals surface area contributed by atoms with Crippen LogP contribution in [-0.2, 0) is 6.42 Å². The lowest BCUT2D eigenvalue weighted by Crippen LogP contribution is -2.49. The van der Waals surface area contributed by atoms with Crippen molar-refractivity contribution in [3.8, 4) is 22.6 Å². The first-order valence-electron chi connectivity index (χ1n) is 12.2. The topological polar surface area (TPSA) is 70.7 Å². The minimum absolute atomic E-state index is 0.0870. The van der Waals surface area contributed by atoms with Crippen LogP contribution >= 0.6 is 0 Å². The largest absolute Gasteiger partial charge is 0.496 e. The summed E-state index contributed by atoms with van der Waals surface area (Å²) >= 11 is 0. The molecule has 37 heavy (non-hydrogen) atoms. The van der Waals surface area contributed by atoms with Gasteiger partial charge in [0.25, 0.3) is 5.91 Å². The van der Waals surface area contributed by atoms with Crippen LogP contribution in [0.2, 0.25) is 0 Å². The molecule has 0 unspecified atom stereocenters. The number of amides is 1. The van der Waals surface area contributed by atoms with E-state index in [1.165, 1.54) is 19.4 Å². The van der Waals surface area contributed by atoms with Crippen LogP contribution in [0.5, 0.6) is 11.5 Å². The number of para-hydroxylation sites is 1. The normalized spacial score (nSPS) is 13.8. The molecule has 0 radical (unpaired) electrons. The second-order valence-electron chi connectivity index (χ2n) is 8.85. The molecule has 0 aliphatic carbocycles. The average molecular weight is 507 g/mol. The maximum Gasteiger partial charge on any atom is 0.270 e. The van der Waals surface area contributed by atoms with Gasteiger partial charge in [-0.1, -0.05) is 25.1 Å². The van der Waals surface area contributed by atoms with E-state index in [9.17, 15) is 9.18 Å². The number of pyridine rings is 1. The summed E-state index contributed by atoms with van der Waals surface area (Å²) < 4.78 is 40.2. The highest BCUT2D eigenvalue weighted by atomic mass is 19.1. The molecule has 5 rings (SSSR count). The number of nitrogens with zero attached hydrogens (tertiary/aromatic N) is 3. The Morgan fingerprint density at radius 3 is 2.49 bits per heavy atom. The molecule has 4 aromatic rings. The number of rotatable bonds is 6. The summed E-state index contributed by atoms with van der Waals surface area (Å²) in [7, 11) is 3.00. The molecule has 1 N–H and O–H groups in total. The average Bonchev–Trinajstić information content (AvgIpc) is 3.39. The number of aromatic nitrogens is 2. The number of piperazine rings is 1. The van der Waals surface area contributed by atoms with Crippen molar-refractivity contribution in [2.45, 2.75) is 13.3 Å². The Morgan fingerprint density at radius 2 is 1.78 bits per heavy atom. The first-order chi connectivity index (χ1) is 18.0. The number of aromatic amines is 1. The Kier molecular flexibility index (Phi) is 6.69. The van der Waals surface area contributed by atoms with Gasteiger partial charge in [-0.3, -0.25) is 4.79 Å². The SMILES string of the molecule is CCc1cc(-c2ccccc2OC)c2cc(C(=O)N3CCN(c4nccc(F)c4OC)CC3)[nH]c2c1F. The van der Waals surface area contributed by atoms with Crippen molar-refractivity contribution in [1.82, 2.24) is 14.9 Å². The third-order valence-electron chi connectivity index (χ3n) is 6.84. The molecule has 0 atom stereocenters. The highest BCUT2D eigenvalue weighted by molar-refractivity contribution is 6.04. The minimum Gasteiger partial charge on any atom is -0.496 e. The number of carbonyl (C=O) groups excluding carboxylic acids is 1. The van der Waals surface area contributed by atoms with Crippen molar-refractivity contribution < 1.29 is 23.0 Å². The fourth-order valence-corrected chi connectivity index (χ4v) is 4.90. The Morgan fingerprint density at radius 1 is 1.03 bits per heavy atom. The van der Waals surface area contributed by atoms with Gasteiger partial charge < -0.3 is 24.3 Å². The number of benzene rings is 2. The van der Waals surface area contributed by atoms with Crippen LogP contribution in [0.3, 0.4) is 0 Å². The highest BCUT2D eigenvalue weighted by Gasteiger charge is 2.27. The Bertz CT molecular complexity index is 1460. The van der Waals surface area contributed by atoms with Gasteiger partial charge in [-0.2, -0.15) is 0 Å². The molecule has 0 bridgehead atoms. The molecule has 0 saturated carbocycles. The van der Waals surface area contributed by atoms with Gasteiger partial charge in [0.1, 0.15) is 17.3 Å². The number of halogens is 2. The molecule has 192 valence electrons. The molecule has 2 aromatic carbocycles. The summed E-state index contributed by atoms with van der Waals surface area (Å²) in [5.41, 5.74) is 2.80. The molecule has 3 heterocycles. The van der Waals surface area contributed by atoms with Crippen LogP contribution in [0.25, 0.3) is 22.0 Å². The fourth-order valence-electron chi connectivity index (χ4n) is 4.90. The van der Waals surface area contributed by atoms with Crippen LogP contribution in [0.1, 0.15) is 23.0 Å². The zero-order valence-corrected chi connectivity index (χ0v) is 21.0. The third kappa shape index (κ3) is 4.34. The van der Waals surface area contributed by atoms with Crippen molar-refractivity contribution in [3.05, 3.63) is 71.6 Å². The highest BCUT2D eigenvalue weighted by Crippen LogP contribution is 2.38. The maximum absolute atomic E-state index is 15.4. The number of H-pyrrole nitrogens is 1. The summed E-state index contributed by atoms with van der Waals surface area (Å²) in [6, 6.07) is 12.4. The quantitative estimate of drug-likeness (QED) is 0.396. The molecular weight excluding hydrogens is 478 g/mol. The second kappa shape index (κ2) is 10.1. The van der Waals surface area contributed by atoms with Crippen molar-refractivity contribution in [1.29, 1.82) is 0 Å². The number of methoxy groups -OCH3 is 2. The van der Waals surface area contributed by atoms with Crippen LogP contribution in [0.4, 0.5) is 14.6 Å². The Hall–Kier alpha value is -4.14. The molecule has 1 aliphatic heterocycles. The van der Waals surface area contributed by atoms with Crippen LogP contribution < -0.4 is 14.4 Å². The molecule has 7 nitrogen and oxygen atoms in total. The number of hydrogen-bond donors (Lipinski definition) is 1. The number of aryl methyl sites for hydroxylation is 1. The Balaban J connectivity index is 1.45.